The number of carboxylic acids is 1. The van der Waals surface area contributed by atoms with Gasteiger partial charge in [-0.15, -0.1) is 0 Å². The molecule has 1 aromatic heterocycles. The van der Waals surface area contributed by atoms with Crippen LogP contribution in [0.5, 0.6) is 0 Å². The van der Waals surface area contributed by atoms with E-state index in [1.54, 1.807) is 0 Å². The Hall–Kier alpha value is -1.46. The zero-order valence-corrected chi connectivity index (χ0v) is 9.49. The summed E-state index contributed by atoms with van der Waals surface area (Å²) >= 11 is 0. The monoisotopic (exact) mass is 244 g/mol. The van der Waals surface area contributed by atoms with Crippen LogP contribution in [-0.2, 0) is 17.3 Å². The number of carboxylic acid groups (broad SMARTS) is 1. The number of halogens is 2. The third-order valence-corrected chi connectivity index (χ3v) is 3.45. The summed E-state index contributed by atoms with van der Waals surface area (Å²) in [5, 5.41) is 13.0. The molecule has 0 amide bonds. The lowest BCUT2D eigenvalue weighted by Crippen LogP contribution is -2.33. The third kappa shape index (κ3) is 1.81. The number of carbonyl (C=O) groups is 1. The molecule has 1 aliphatic carbocycles. The normalized spacial score (nSPS) is 18.8. The van der Waals surface area contributed by atoms with Crippen molar-refractivity contribution in [2.24, 2.45) is 7.05 Å². The van der Waals surface area contributed by atoms with Gasteiger partial charge >= 0.3 is 5.97 Å². The van der Waals surface area contributed by atoms with Gasteiger partial charge in [-0.25, -0.2) is 8.78 Å². The van der Waals surface area contributed by atoms with Gasteiger partial charge in [0.15, 0.2) is 0 Å². The van der Waals surface area contributed by atoms with E-state index in [1.165, 1.54) is 17.9 Å². The minimum absolute atomic E-state index is 0.181. The molecule has 1 N–H and O–H groups in total. The van der Waals surface area contributed by atoms with Crippen molar-refractivity contribution >= 4 is 5.97 Å². The summed E-state index contributed by atoms with van der Waals surface area (Å²) in [6, 6.07) is 0. The van der Waals surface area contributed by atoms with Crippen molar-refractivity contribution in [1.29, 1.82) is 0 Å². The van der Waals surface area contributed by atoms with Crippen LogP contribution in [0.1, 0.15) is 43.4 Å². The molecule has 0 unspecified atom stereocenters. The minimum atomic E-state index is -2.73. The van der Waals surface area contributed by atoms with Crippen LogP contribution in [0.4, 0.5) is 8.78 Å². The Bertz CT molecular complexity index is 437. The van der Waals surface area contributed by atoms with Gasteiger partial charge in [-0.2, -0.15) is 5.10 Å². The minimum Gasteiger partial charge on any atom is -0.481 e. The average Bonchev–Trinajstić information content (AvgIpc) is 2.83. The van der Waals surface area contributed by atoms with Gasteiger partial charge in [-0.05, 0) is 12.8 Å². The highest BCUT2D eigenvalue weighted by Crippen LogP contribution is 2.44. The molecular formula is C11H14F2N2O2. The van der Waals surface area contributed by atoms with E-state index in [4.69, 9.17) is 0 Å². The number of alkyl halides is 2. The Morgan fingerprint density at radius 3 is 2.59 bits per heavy atom. The second kappa shape index (κ2) is 4.09. The van der Waals surface area contributed by atoms with Gasteiger partial charge in [-0.1, -0.05) is 12.8 Å². The van der Waals surface area contributed by atoms with Crippen LogP contribution in [0.15, 0.2) is 6.20 Å². The molecule has 4 nitrogen and oxygen atoms in total. The molecule has 0 aliphatic heterocycles. The Kier molecular flexibility index (Phi) is 2.89. The van der Waals surface area contributed by atoms with E-state index < -0.39 is 23.5 Å². The average molecular weight is 244 g/mol. The van der Waals surface area contributed by atoms with Gasteiger partial charge in [0.05, 0.1) is 5.41 Å². The second-order valence-electron chi connectivity index (χ2n) is 4.50. The van der Waals surface area contributed by atoms with E-state index >= 15 is 0 Å². The second-order valence-corrected chi connectivity index (χ2v) is 4.50. The molecule has 0 aromatic carbocycles. The van der Waals surface area contributed by atoms with Crippen molar-refractivity contribution in [2.75, 3.05) is 0 Å². The molecule has 94 valence electrons. The highest BCUT2D eigenvalue weighted by atomic mass is 19.3. The van der Waals surface area contributed by atoms with Gasteiger partial charge < -0.3 is 5.11 Å². The Balaban J connectivity index is 2.53. The molecule has 1 aliphatic rings. The van der Waals surface area contributed by atoms with Crippen LogP contribution in [0, 0.1) is 0 Å². The van der Waals surface area contributed by atoms with Crippen LogP contribution in [0.3, 0.4) is 0 Å². The lowest BCUT2D eigenvalue weighted by atomic mass is 9.79. The maximum Gasteiger partial charge on any atom is 0.314 e. The van der Waals surface area contributed by atoms with Gasteiger partial charge in [-0.3, -0.25) is 9.48 Å². The number of aliphatic carboxylic acids is 1. The quantitative estimate of drug-likeness (QED) is 0.887. The lowest BCUT2D eigenvalue weighted by molar-refractivity contribution is -0.143. The fraction of sp³-hybridized carbons (Fsp3) is 0.636. The Morgan fingerprint density at radius 2 is 2.12 bits per heavy atom. The first kappa shape index (κ1) is 12.0. The van der Waals surface area contributed by atoms with Gasteiger partial charge in [0.25, 0.3) is 6.43 Å². The van der Waals surface area contributed by atoms with E-state index in [9.17, 15) is 18.7 Å². The third-order valence-electron chi connectivity index (χ3n) is 3.45. The summed E-state index contributed by atoms with van der Waals surface area (Å²) in [6.07, 6.45) is 1.01. The highest BCUT2D eigenvalue weighted by Gasteiger charge is 2.46. The van der Waals surface area contributed by atoms with Gasteiger partial charge in [0, 0.05) is 18.8 Å². The summed E-state index contributed by atoms with van der Waals surface area (Å²) in [5.41, 5.74) is -1.38. The number of nitrogens with zero attached hydrogens (tertiary/aromatic N) is 2. The maximum absolute atomic E-state index is 12.9. The predicted molar refractivity (Wildman–Crippen MR) is 55.9 cm³/mol. The fourth-order valence-electron chi connectivity index (χ4n) is 2.61. The molecule has 0 saturated heterocycles. The SMILES string of the molecule is Cn1cc(C2(C(=O)O)CCCC2)c(C(F)F)n1. The molecule has 1 aromatic rings. The zero-order chi connectivity index (χ0) is 12.6. The Morgan fingerprint density at radius 1 is 1.53 bits per heavy atom. The molecular weight excluding hydrogens is 230 g/mol. The molecule has 0 bridgehead atoms. The molecule has 1 fully saturated rings. The number of hydrogen-bond acceptors (Lipinski definition) is 2. The Labute approximate surface area is 97.2 Å². The van der Waals surface area contributed by atoms with E-state index in [-0.39, 0.29) is 5.56 Å². The van der Waals surface area contributed by atoms with E-state index in [1.807, 2.05) is 0 Å². The van der Waals surface area contributed by atoms with E-state index in [0.717, 1.165) is 12.8 Å². The van der Waals surface area contributed by atoms with Crippen LogP contribution < -0.4 is 0 Å². The fourth-order valence-corrected chi connectivity index (χ4v) is 2.61. The number of aromatic nitrogens is 2. The number of aryl methyl sites for hydroxylation is 1. The lowest BCUT2D eigenvalue weighted by Gasteiger charge is -2.23. The summed E-state index contributed by atoms with van der Waals surface area (Å²) in [7, 11) is 1.53. The largest absolute Gasteiger partial charge is 0.481 e. The van der Waals surface area contributed by atoms with Crippen molar-refractivity contribution in [1.82, 2.24) is 9.78 Å². The molecule has 0 radical (unpaired) electrons. The standard InChI is InChI=1S/C11H14F2N2O2/c1-15-6-7(8(14-15)9(12)13)11(10(16)17)4-2-3-5-11/h6,9H,2-5H2,1H3,(H,16,17). The summed E-state index contributed by atoms with van der Waals surface area (Å²) in [4.78, 5) is 11.4. The van der Waals surface area contributed by atoms with Crippen LogP contribution in [-0.4, -0.2) is 20.9 Å². The van der Waals surface area contributed by atoms with Gasteiger partial charge in [0.1, 0.15) is 5.69 Å². The van der Waals surface area contributed by atoms with Crippen molar-refractivity contribution in [3.05, 3.63) is 17.5 Å². The molecule has 2 rings (SSSR count). The smallest absolute Gasteiger partial charge is 0.314 e. The van der Waals surface area contributed by atoms with E-state index in [2.05, 4.69) is 5.10 Å². The summed E-state index contributed by atoms with van der Waals surface area (Å²) in [6.45, 7) is 0. The zero-order valence-electron chi connectivity index (χ0n) is 9.49. The highest BCUT2D eigenvalue weighted by molar-refractivity contribution is 5.82. The van der Waals surface area contributed by atoms with Crippen molar-refractivity contribution in [3.63, 3.8) is 0 Å². The van der Waals surface area contributed by atoms with Crippen molar-refractivity contribution in [2.45, 2.75) is 37.5 Å². The van der Waals surface area contributed by atoms with Crippen LogP contribution in [0.25, 0.3) is 0 Å². The summed E-state index contributed by atoms with van der Waals surface area (Å²) < 4.78 is 27.0. The maximum atomic E-state index is 12.9. The molecule has 1 heterocycles. The first-order valence-electron chi connectivity index (χ1n) is 5.53. The number of rotatable bonds is 3. The predicted octanol–water partition coefficient (Wildman–Crippen LogP) is 2.25. The first-order valence-corrected chi connectivity index (χ1v) is 5.53. The van der Waals surface area contributed by atoms with Crippen molar-refractivity contribution < 1.29 is 18.7 Å². The molecule has 1 saturated carbocycles. The van der Waals surface area contributed by atoms with Crippen LogP contribution in [0.2, 0.25) is 0 Å². The molecule has 6 heteroatoms. The van der Waals surface area contributed by atoms with Crippen molar-refractivity contribution in [3.8, 4) is 0 Å². The van der Waals surface area contributed by atoms with E-state index in [0.29, 0.717) is 12.8 Å². The summed E-state index contributed by atoms with van der Waals surface area (Å²) in [5.74, 6) is -1.02. The van der Waals surface area contributed by atoms with Crippen LogP contribution >= 0.6 is 0 Å². The van der Waals surface area contributed by atoms with Gasteiger partial charge in [0.2, 0.25) is 0 Å². The first-order chi connectivity index (χ1) is 7.97. The molecule has 0 atom stereocenters. The molecule has 17 heavy (non-hydrogen) atoms. The topological polar surface area (TPSA) is 55.1 Å². The molecule has 0 spiro atoms. The number of hydrogen-bond donors (Lipinski definition) is 1.